The van der Waals surface area contributed by atoms with Gasteiger partial charge in [-0.2, -0.15) is 23.5 Å². The molecule has 0 aromatic heterocycles. The van der Waals surface area contributed by atoms with E-state index in [-0.39, 0.29) is 12.5 Å². The molecule has 2 amide bonds. The summed E-state index contributed by atoms with van der Waals surface area (Å²) >= 11 is 3.69. The normalized spacial score (nSPS) is 28.0. The largest absolute Gasteiger partial charge is 0.481 e. The van der Waals surface area contributed by atoms with E-state index in [1.165, 1.54) is 12.8 Å². The molecule has 2 saturated heterocycles. The molecular formula is C13H22N2O3S2. The Balaban J connectivity index is 1.47. The Labute approximate surface area is 128 Å². The zero-order valence-electron chi connectivity index (χ0n) is 11.5. The molecule has 5 nitrogen and oxygen atoms in total. The number of thioether (sulfide) groups is 2. The molecule has 2 aliphatic rings. The molecule has 114 valence electrons. The fourth-order valence-corrected chi connectivity index (χ4v) is 5.11. The SMILES string of the molecule is O=C(O)CCSCCCCC[C@@H]1SC[C@@H]2NC(=O)N[C@@H]21. The second kappa shape index (κ2) is 8.02. The zero-order chi connectivity index (χ0) is 14.4. The van der Waals surface area contributed by atoms with Gasteiger partial charge < -0.3 is 15.7 Å². The van der Waals surface area contributed by atoms with E-state index in [4.69, 9.17) is 5.11 Å². The summed E-state index contributed by atoms with van der Waals surface area (Å²) in [5.41, 5.74) is 0. The summed E-state index contributed by atoms with van der Waals surface area (Å²) < 4.78 is 0. The fourth-order valence-electron chi connectivity index (χ4n) is 2.63. The highest BCUT2D eigenvalue weighted by molar-refractivity contribution is 8.00. The molecule has 0 bridgehead atoms. The van der Waals surface area contributed by atoms with E-state index in [1.54, 1.807) is 11.8 Å². The molecular weight excluding hydrogens is 296 g/mol. The van der Waals surface area contributed by atoms with Crippen LogP contribution in [0.15, 0.2) is 0 Å². The molecule has 0 unspecified atom stereocenters. The number of carboxylic acids is 1. The summed E-state index contributed by atoms with van der Waals surface area (Å²) in [4.78, 5) is 21.6. The number of hydrogen-bond donors (Lipinski definition) is 3. The third-order valence-electron chi connectivity index (χ3n) is 3.68. The first-order valence-electron chi connectivity index (χ1n) is 7.15. The standard InChI is InChI=1S/C13H22N2O3S2/c16-11(17)5-7-19-6-3-1-2-4-10-12-9(8-20-10)14-13(18)15-12/h9-10,12H,1-8H2,(H,16,17)(H2,14,15,18)/t9-,10-,12-/m0/s1. The van der Waals surface area contributed by atoms with Crippen molar-refractivity contribution in [3.63, 3.8) is 0 Å². The summed E-state index contributed by atoms with van der Waals surface area (Å²) in [7, 11) is 0. The van der Waals surface area contributed by atoms with Gasteiger partial charge in [0.1, 0.15) is 0 Å². The van der Waals surface area contributed by atoms with Crippen molar-refractivity contribution in [1.29, 1.82) is 0 Å². The molecule has 0 aromatic rings. The van der Waals surface area contributed by atoms with Crippen molar-refractivity contribution in [3.8, 4) is 0 Å². The third-order valence-corrected chi connectivity index (χ3v) is 6.25. The molecule has 2 heterocycles. The summed E-state index contributed by atoms with van der Waals surface area (Å²) in [6, 6.07) is 0.627. The average molecular weight is 318 g/mol. The lowest BCUT2D eigenvalue weighted by atomic mass is 10.0. The summed E-state index contributed by atoms with van der Waals surface area (Å²) in [5, 5.41) is 15.0. The van der Waals surface area contributed by atoms with Crippen molar-refractivity contribution in [2.24, 2.45) is 0 Å². The minimum atomic E-state index is -0.711. The maximum absolute atomic E-state index is 11.3. The highest BCUT2D eigenvalue weighted by atomic mass is 32.2. The maximum Gasteiger partial charge on any atom is 0.315 e. The van der Waals surface area contributed by atoms with Crippen molar-refractivity contribution >= 4 is 35.5 Å². The topological polar surface area (TPSA) is 78.4 Å². The second-order valence-electron chi connectivity index (χ2n) is 5.23. The van der Waals surface area contributed by atoms with E-state index in [0.29, 0.717) is 17.3 Å². The minimum Gasteiger partial charge on any atom is -0.481 e. The number of unbranched alkanes of at least 4 members (excludes halogenated alkanes) is 2. The highest BCUT2D eigenvalue weighted by Crippen LogP contribution is 2.33. The maximum atomic E-state index is 11.3. The van der Waals surface area contributed by atoms with Crippen molar-refractivity contribution in [2.45, 2.75) is 49.4 Å². The first kappa shape index (κ1) is 15.8. The van der Waals surface area contributed by atoms with Crippen molar-refractivity contribution < 1.29 is 14.7 Å². The van der Waals surface area contributed by atoms with Crippen LogP contribution in [0.1, 0.15) is 32.1 Å². The lowest BCUT2D eigenvalue weighted by molar-refractivity contribution is -0.136. The van der Waals surface area contributed by atoms with Crippen molar-refractivity contribution in [3.05, 3.63) is 0 Å². The van der Waals surface area contributed by atoms with Gasteiger partial charge in [-0.3, -0.25) is 4.79 Å². The van der Waals surface area contributed by atoms with Gasteiger partial charge in [0.15, 0.2) is 0 Å². The number of aliphatic carboxylic acids is 1. The van der Waals surface area contributed by atoms with Crippen LogP contribution in [0.2, 0.25) is 0 Å². The van der Waals surface area contributed by atoms with Gasteiger partial charge in [-0.05, 0) is 18.6 Å². The predicted octanol–water partition coefficient (Wildman–Crippen LogP) is 1.92. The summed E-state index contributed by atoms with van der Waals surface area (Å²) in [5.74, 6) is 2.08. The smallest absolute Gasteiger partial charge is 0.315 e. The Kier molecular flexibility index (Phi) is 6.35. The number of urea groups is 1. The molecule has 0 aliphatic carbocycles. The summed E-state index contributed by atoms with van der Waals surface area (Å²) in [6.07, 6.45) is 4.96. The molecule has 7 heteroatoms. The number of hydrogen-bond acceptors (Lipinski definition) is 4. The van der Waals surface area contributed by atoms with Gasteiger partial charge in [0.2, 0.25) is 0 Å². The minimum absolute atomic E-state index is 0.0138. The quantitative estimate of drug-likeness (QED) is 0.447. The van der Waals surface area contributed by atoms with Gasteiger partial charge in [0.25, 0.3) is 0 Å². The molecule has 0 saturated carbocycles. The first-order valence-corrected chi connectivity index (χ1v) is 9.35. The molecule has 0 radical (unpaired) electrons. The number of carbonyl (C=O) groups is 2. The van der Waals surface area contributed by atoms with Crippen LogP contribution in [0.4, 0.5) is 4.79 Å². The van der Waals surface area contributed by atoms with E-state index >= 15 is 0 Å². The van der Waals surface area contributed by atoms with Crippen LogP contribution in [-0.2, 0) is 4.79 Å². The van der Waals surface area contributed by atoms with Gasteiger partial charge in [-0.1, -0.05) is 12.8 Å². The molecule has 0 spiro atoms. The van der Waals surface area contributed by atoms with Crippen LogP contribution >= 0.6 is 23.5 Å². The van der Waals surface area contributed by atoms with E-state index in [2.05, 4.69) is 10.6 Å². The van der Waals surface area contributed by atoms with Crippen LogP contribution in [0.25, 0.3) is 0 Å². The Hall–Kier alpha value is -0.560. The Morgan fingerprint density at radius 1 is 1.30 bits per heavy atom. The monoisotopic (exact) mass is 318 g/mol. The lowest BCUT2D eigenvalue weighted by Gasteiger charge is -2.16. The molecule has 2 rings (SSSR count). The first-order chi connectivity index (χ1) is 9.66. The van der Waals surface area contributed by atoms with Crippen LogP contribution in [0.3, 0.4) is 0 Å². The average Bonchev–Trinajstić information content (AvgIpc) is 2.92. The number of amides is 2. The lowest BCUT2D eigenvalue weighted by Crippen LogP contribution is -2.36. The number of fused-ring (bicyclic) bond motifs is 1. The van der Waals surface area contributed by atoms with Crippen molar-refractivity contribution in [2.75, 3.05) is 17.3 Å². The van der Waals surface area contributed by atoms with Crippen LogP contribution in [0, 0.1) is 0 Å². The third kappa shape index (κ3) is 4.77. The van der Waals surface area contributed by atoms with Gasteiger partial charge in [-0.25, -0.2) is 4.79 Å². The number of carboxylic acid groups (broad SMARTS) is 1. The van der Waals surface area contributed by atoms with Crippen LogP contribution in [0.5, 0.6) is 0 Å². The Morgan fingerprint density at radius 3 is 2.95 bits per heavy atom. The van der Waals surface area contributed by atoms with Gasteiger partial charge in [0, 0.05) is 16.8 Å². The fraction of sp³-hybridized carbons (Fsp3) is 0.846. The second-order valence-corrected chi connectivity index (χ2v) is 7.72. The number of nitrogens with one attached hydrogen (secondary N) is 2. The van der Waals surface area contributed by atoms with E-state index in [9.17, 15) is 9.59 Å². The van der Waals surface area contributed by atoms with Crippen LogP contribution in [-0.4, -0.2) is 51.7 Å². The van der Waals surface area contributed by atoms with E-state index in [0.717, 1.165) is 30.1 Å². The summed E-state index contributed by atoms with van der Waals surface area (Å²) in [6.45, 7) is 0. The van der Waals surface area contributed by atoms with E-state index < -0.39 is 5.97 Å². The Bertz CT molecular complexity index is 355. The zero-order valence-corrected chi connectivity index (χ0v) is 13.1. The van der Waals surface area contributed by atoms with Crippen molar-refractivity contribution in [1.82, 2.24) is 10.6 Å². The molecule has 3 N–H and O–H groups in total. The van der Waals surface area contributed by atoms with Gasteiger partial charge in [0.05, 0.1) is 18.5 Å². The number of carbonyl (C=O) groups excluding carboxylic acids is 1. The molecule has 2 fully saturated rings. The predicted molar refractivity (Wildman–Crippen MR) is 83.5 cm³/mol. The van der Waals surface area contributed by atoms with Gasteiger partial charge >= 0.3 is 12.0 Å². The Morgan fingerprint density at radius 2 is 2.15 bits per heavy atom. The molecule has 2 aliphatic heterocycles. The van der Waals surface area contributed by atoms with E-state index in [1.807, 2.05) is 11.8 Å². The number of rotatable bonds is 9. The van der Waals surface area contributed by atoms with Crippen LogP contribution < -0.4 is 10.6 Å². The molecule has 0 aromatic carbocycles. The highest BCUT2D eigenvalue weighted by Gasteiger charge is 2.42. The molecule has 20 heavy (non-hydrogen) atoms. The van der Waals surface area contributed by atoms with Gasteiger partial charge in [-0.15, -0.1) is 0 Å². The molecule has 3 atom stereocenters.